The third kappa shape index (κ3) is 4.61. The Morgan fingerprint density at radius 1 is 1.47 bits per heavy atom. The van der Waals surface area contributed by atoms with Gasteiger partial charge in [-0.25, -0.2) is 4.79 Å². The molecule has 0 saturated carbocycles. The van der Waals surface area contributed by atoms with Crippen molar-refractivity contribution in [3.05, 3.63) is 34.0 Å². The Bertz CT molecular complexity index is 476. The Morgan fingerprint density at radius 2 is 2.16 bits per heavy atom. The van der Waals surface area contributed by atoms with E-state index in [0.717, 1.165) is 9.75 Å². The fourth-order valence-electron chi connectivity index (χ4n) is 1.52. The smallest absolute Gasteiger partial charge is 0.335 e. The van der Waals surface area contributed by atoms with Crippen LogP contribution in [0, 0.1) is 13.8 Å². The molecule has 0 N–H and O–H groups in total. The molecule has 0 aromatic carbocycles. The highest BCUT2D eigenvalue weighted by Crippen LogP contribution is 2.21. The zero-order valence-corrected chi connectivity index (χ0v) is 12.2. The highest BCUT2D eigenvalue weighted by molar-refractivity contribution is 7.12. The molecule has 0 fully saturated rings. The number of Topliss-reactive ketones (excluding diaryl/α,β-unsaturated/α-hetero) is 1. The number of carbonyl (C=O) groups is 2. The van der Waals surface area contributed by atoms with Crippen molar-refractivity contribution in [2.45, 2.75) is 26.9 Å². The largest absolute Gasteiger partial charge is 0.455 e. The van der Waals surface area contributed by atoms with Crippen LogP contribution in [0.5, 0.6) is 0 Å². The van der Waals surface area contributed by atoms with E-state index in [2.05, 4.69) is 6.58 Å². The van der Waals surface area contributed by atoms with Gasteiger partial charge < -0.3 is 9.47 Å². The average molecular weight is 282 g/mol. The second kappa shape index (κ2) is 7.21. The van der Waals surface area contributed by atoms with E-state index in [1.54, 1.807) is 24.3 Å². The number of carbonyl (C=O) groups excluding carboxylic acids is 2. The summed E-state index contributed by atoms with van der Waals surface area (Å²) in [5.41, 5.74) is 0.620. The molecule has 0 bridgehead atoms. The second-order valence-electron chi connectivity index (χ2n) is 4.12. The molecule has 0 aliphatic carbocycles. The van der Waals surface area contributed by atoms with Crippen molar-refractivity contribution in [2.24, 2.45) is 0 Å². The molecule has 1 atom stereocenters. The van der Waals surface area contributed by atoms with Gasteiger partial charge in [-0.3, -0.25) is 4.79 Å². The Labute approximate surface area is 117 Å². The number of hydrogen-bond donors (Lipinski definition) is 0. The molecule has 0 aliphatic rings. The number of aryl methyl sites for hydroxylation is 2. The van der Waals surface area contributed by atoms with Crippen molar-refractivity contribution in [2.75, 3.05) is 13.2 Å². The first kappa shape index (κ1) is 15.6. The number of ether oxygens (including phenoxy) is 2. The molecule has 1 rings (SSSR count). The number of hydrogen-bond acceptors (Lipinski definition) is 5. The Balaban J connectivity index is 2.48. The van der Waals surface area contributed by atoms with Gasteiger partial charge in [0.1, 0.15) is 0 Å². The lowest BCUT2D eigenvalue weighted by atomic mass is 10.2. The first-order chi connectivity index (χ1) is 8.95. The van der Waals surface area contributed by atoms with E-state index in [0.29, 0.717) is 5.56 Å². The van der Waals surface area contributed by atoms with Crippen molar-refractivity contribution in [3.8, 4) is 0 Å². The SMILES string of the molecule is C=CCOC(C)C(=O)OCC(=O)c1cc(C)sc1C. The molecular weight excluding hydrogens is 264 g/mol. The molecule has 19 heavy (non-hydrogen) atoms. The average Bonchev–Trinajstić information content (AvgIpc) is 2.71. The third-order valence-electron chi connectivity index (χ3n) is 2.48. The van der Waals surface area contributed by atoms with Crippen LogP contribution in [0.2, 0.25) is 0 Å². The zero-order chi connectivity index (χ0) is 14.4. The van der Waals surface area contributed by atoms with Crippen LogP contribution in [0.4, 0.5) is 0 Å². The summed E-state index contributed by atoms with van der Waals surface area (Å²) in [6, 6.07) is 1.81. The van der Waals surface area contributed by atoms with Crippen LogP contribution < -0.4 is 0 Å². The van der Waals surface area contributed by atoms with E-state index >= 15 is 0 Å². The quantitative estimate of drug-likeness (QED) is 0.438. The number of thiophene rings is 1. The highest BCUT2D eigenvalue weighted by atomic mass is 32.1. The van der Waals surface area contributed by atoms with Gasteiger partial charge in [-0.15, -0.1) is 17.9 Å². The lowest BCUT2D eigenvalue weighted by molar-refractivity contribution is -0.154. The van der Waals surface area contributed by atoms with E-state index in [4.69, 9.17) is 9.47 Å². The summed E-state index contributed by atoms with van der Waals surface area (Å²) in [6.07, 6.45) is 0.850. The summed E-state index contributed by atoms with van der Waals surface area (Å²) in [7, 11) is 0. The van der Waals surface area contributed by atoms with Crippen LogP contribution in [0.25, 0.3) is 0 Å². The van der Waals surface area contributed by atoms with Crippen molar-refractivity contribution < 1.29 is 19.1 Å². The van der Waals surface area contributed by atoms with Gasteiger partial charge in [0.15, 0.2) is 12.7 Å². The predicted octanol–water partition coefficient (Wildman–Crippen LogP) is 2.68. The van der Waals surface area contributed by atoms with Gasteiger partial charge in [0.05, 0.1) is 6.61 Å². The molecule has 5 heteroatoms. The van der Waals surface area contributed by atoms with Gasteiger partial charge in [-0.2, -0.15) is 0 Å². The maximum atomic E-state index is 11.9. The van der Waals surface area contributed by atoms with Crippen LogP contribution in [-0.4, -0.2) is 31.1 Å². The third-order valence-corrected chi connectivity index (χ3v) is 3.45. The minimum absolute atomic E-state index is 0.189. The van der Waals surface area contributed by atoms with E-state index in [1.165, 1.54) is 0 Å². The molecule has 1 heterocycles. The Kier molecular flexibility index (Phi) is 5.92. The molecule has 0 aliphatic heterocycles. The molecule has 0 amide bonds. The first-order valence-corrected chi connectivity index (χ1v) is 6.76. The van der Waals surface area contributed by atoms with Gasteiger partial charge >= 0.3 is 5.97 Å². The summed E-state index contributed by atoms with van der Waals surface area (Å²) < 4.78 is 10.1. The molecule has 0 saturated heterocycles. The van der Waals surface area contributed by atoms with Gasteiger partial charge in [0.25, 0.3) is 0 Å². The van der Waals surface area contributed by atoms with E-state index in [1.807, 2.05) is 19.9 Å². The van der Waals surface area contributed by atoms with Crippen LogP contribution in [-0.2, 0) is 14.3 Å². The Morgan fingerprint density at radius 3 is 2.68 bits per heavy atom. The lowest BCUT2D eigenvalue weighted by Gasteiger charge is -2.10. The van der Waals surface area contributed by atoms with Crippen molar-refractivity contribution in [1.82, 2.24) is 0 Å². The molecule has 0 spiro atoms. The zero-order valence-electron chi connectivity index (χ0n) is 11.4. The minimum atomic E-state index is -0.698. The van der Waals surface area contributed by atoms with Crippen molar-refractivity contribution >= 4 is 23.1 Å². The molecule has 4 nitrogen and oxygen atoms in total. The molecule has 0 radical (unpaired) electrons. The topological polar surface area (TPSA) is 52.6 Å². The van der Waals surface area contributed by atoms with Gasteiger partial charge in [0, 0.05) is 15.3 Å². The van der Waals surface area contributed by atoms with E-state index < -0.39 is 12.1 Å². The maximum absolute atomic E-state index is 11.9. The number of esters is 1. The number of ketones is 1. The van der Waals surface area contributed by atoms with E-state index in [9.17, 15) is 9.59 Å². The summed E-state index contributed by atoms with van der Waals surface area (Å²) in [4.78, 5) is 25.4. The molecule has 1 aromatic rings. The molecule has 1 aromatic heterocycles. The van der Waals surface area contributed by atoms with Crippen LogP contribution in [0.3, 0.4) is 0 Å². The highest BCUT2D eigenvalue weighted by Gasteiger charge is 2.18. The summed E-state index contributed by atoms with van der Waals surface area (Å²) in [6.45, 7) is 8.90. The fourth-order valence-corrected chi connectivity index (χ4v) is 2.46. The maximum Gasteiger partial charge on any atom is 0.335 e. The summed E-state index contributed by atoms with van der Waals surface area (Å²) >= 11 is 1.55. The van der Waals surface area contributed by atoms with Crippen molar-refractivity contribution in [3.63, 3.8) is 0 Å². The van der Waals surface area contributed by atoms with Gasteiger partial charge in [-0.1, -0.05) is 6.08 Å². The van der Waals surface area contributed by atoms with Gasteiger partial charge in [-0.05, 0) is 26.8 Å². The lowest BCUT2D eigenvalue weighted by Crippen LogP contribution is -2.26. The molecule has 104 valence electrons. The van der Waals surface area contributed by atoms with Crippen LogP contribution in [0.1, 0.15) is 27.0 Å². The standard InChI is InChI=1S/C14H18O4S/c1-5-6-17-10(3)14(16)18-8-13(15)12-7-9(2)19-11(12)4/h5,7,10H,1,6,8H2,2-4H3. The predicted molar refractivity (Wildman–Crippen MR) is 74.7 cm³/mol. The summed E-state index contributed by atoms with van der Waals surface area (Å²) in [5.74, 6) is -0.731. The Hall–Kier alpha value is -1.46. The van der Waals surface area contributed by atoms with Crippen LogP contribution >= 0.6 is 11.3 Å². The molecular formula is C14H18O4S. The van der Waals surface area contributed by atoms with Crippen molar-refractivity contribution in [1.29, 1.82) is 0 Å². The normalized spacial score (nSPS) is 11.9. The van der Waals surface area contributed by atoms with E-state index in [-0.39, 0.29) is 19.0 Å². The van der Waals surface area contributed by atoms with Gasteiger partial charge in [0.2, 0.25) is 5.78 Å². The molecule has 1 unspecified atom stereocenters. The fraction of sp³-hybridized carbons (Fsp3) is 0.429. The van der Waals surface area contributed by atoms with Crippen LogP contribution in [0.15, 0.2) is 18.7 Å². The summed E-state index contributed by atoms with van der Waals surface area (Å²) in [5, 5.41) is 0. The minimum Gasteiger partial charge on any atom is -0.455 e. The first-order valence-electron chi connectivity index (χ1n) is 5.95. The number of rotatable bonds is 7. The second-order valence-corrected chi connectivity index (χ2v) is 5.58. The monoisotopic (exact) mass is 282 g/mol.